The summed E-state index contributed by atoms with van der Waals surface area (Å²) in [6, 6.07) is 8.67. The molecule has 1 heterocycles. The highest BCUT2D eigenvalue weighted by Gasteiger charge is 2.07. The molecule has 0 spiro atoms. The van der Waals surface area contributed by atoms with Gasteiger partial charge in [-0.15, -0.1) is 0 Å². The quantitative estimate of drug-likeness (QED) is 0.613. The van der Waals surface area contributed by atoms with Crippen LogP contribution >= 0.6 is 0 Å². The zero-order chi connectivity index (χ0) is 13.7. The van der Waals surface area contributed by atoms with Crippen LogP contribution in [0, 0.1) is 5.82 Å². The second-order valence-corrected chi connectivity index (χ2v) is 3.89. The van der Waals surface area contributed by atoms with Crippen LogP contribution in [0.1, 0.15) is 21.9 Å². The van der Waals surface area contributed by atoms with Gasteiger partial charge in [0.05, 0.1) is 6.42 Å². The van der Waals surface area contributed by atoms with Crippen molar-refractivity contribution in [3.63, 3.8) is 0 Å². The second kappa shape index (κ2) is 5.95. The van der Waals surface area contributed by atoms with Crippen LogP contribution in [-0.4, -0.2) is 12.3 Å². The summed E-state index contributed by atoms with van der Waals surface area (Å²) < 4.78 is 22.7. The molecule has 98 valence electrons. The lowest BCUT2D eigenvalue weighted by Gasteiger charge is -2.03. The first kappa shape index (κ1) is 13.0. The number of rotatable bonds is 5. The topological polar surface area (TPSA) is 56.5 Å². The van der Waals surface area contributed by atoms with Crippen LogP contribution < -0.4 is 0 Å². The molecule has 4 nitrogen and oxygen atoms in total. The fourth-order valence-corrected chi connectivity index (χ4v) is 1.51. The maximum absolute atomic E-state index is 12.7. The molecule has 0 radical (unpaired) electrons. The lowest BCUT2D eigenvalue weighted by Crippen LogP contribution is -2.07. The van der Waals surface area contributed by atoms with E-state index in [1.807, 2.05) is 0 Å². The zero-order valence-electron chi connectivity index (χ0n) is 9.97. The Morgan fingerprint density at radius 3 is 2.58 bits per heavy atom. The zero-order valence-corrected chi connectivity index (χ0v) is 9.97. The number of esters is 1. The normalized spacial score (nSPS) is 10.2. The second-order valence-electron chi connectivity index (χ2n) is 3.89. The van der Waals surface area contributed by atoms with Crippen molar-refractivity contribution in [1.29, 1.82) is 0 Å². The number of halogens is 1. The van der Waals surface area contributed by atoms with Gasteiger partial charge in [0.2, 0.25) is 0 Å². The summed E-state index contributed by atoms with van der Waals surface area (Å²) in [6.07, 6.45) is 0.630. The molecule has 0 atom stereocenters. The van der Waals surface area contributed by atoms with Crippen molar-refractivity contribution < 1.29 is 23.1 Å². The molecule has 0 fully saturated rings. The third-order valence-corrected chi connectivity index (χ3v) is 2.44. The van der Waals surface area contributed by atoms with Crippen molar-refractivity contribution in [2.45, 2.75) is 13.0 Å². The lowest BCUT2D eigenvalue weighted by molar-refractivity contribution is -0.144. The van der Waals surface area contributed by atoms with Gasteiger partial charge in [-0.05, 0) is 29.8 Å². The number of hydrogen-bond acceptors (Lipinski definition) is 4. The van der Waals surface area contributed by atoms with Gasteiger partial charge in [-0.3, -0.25) is 9.59 Å². The standard InChI is InChI=1S/C14H11FO4/c15-11-3-1-10(2-4-11)7-14(17)18-9-13-6-5-12(8-16)19-13/h1-6,8H,7,9H2. The van der Waals surface area contributed by atoms with Gasteiger partial charge < -0.3 is 9.15 Å². The molecule has 0 aliphatic carbocycles. The maximum atomic E-state index is 12.7. The highest BCUT2D eigenvalue weighted by molar-refractivity contribution is 5.72. The number of carbonyl (C=O) groups is 2. The monoisotopic (exact) mass is 262 g/mol. The van der Waals surface area contributed by atoms with Crippen LogP contribution in [0.15, 0.2) is 40.8 Å². The molecule has 1 aromatic carbocycles. The highest BCUT2D eigenvalue weighted by Crippen LogP contribution is 2.09. The minimum absolute atomic E-state index is 0.0339. The van der Waals surface area contributed by atoms with Crippen molar-refractivity contribution in [2.24, 2.45) is 0 Å². The predicted octanol–water partition coefficient (Wildman–Crippen LogP) is 2.52. The van der Waals surface area contributed by atoms with Gasteiger partial charge in [0, 0.05) is 0 Å². The first-order chi connectivity index (χ1) is 9.17. The minimum Gasteiger partial charge on any atom is -0.457 e. The minimum atomic E-state index is -0.448. The van der Waals surface area contributed by atoms with Gasteiger partial charge in [-0.1, -0.05) is 12.1 Å². The molecule has 19 heavy (non-hydrogen) atoms. The van der Waals surface area contributed by atoms with Crippen molar-refractivity contribution in [1.82, 2.24) is 0 Å². The van der Waals surface area contributed by atoms with Crippen LogP contribution in [0.4, 0.5) is 4.39 Å². The fourth-order valence-electron chi connectivity index (χ4n) is 1.51. The summed E-state index contributed by atoms with van der Waals surface area (Å²) >= 11 is 0. The smallest absolute Gasteiger partial charge is 0.310 e. The molecular formula is C14H11FO4. The van der Waals surface area contributed by atoms with E-state index in [-0.39, 0.29) is 24.6 Å². The predicted molar refractivity (Wildman–Crippen MR) is 64.0 cm³/mol. The van der Waals surface area contributed by atoms with Gasteiger partial charge in [0.15, 0.2) is 12.0 Å². The van der Waals surface area contributed by atoms with Gasteiger partial charge in [0.25, 0.3) is 0 Å². The lowest BCUT2D eigenvalue weighted by atomic mass is 10.1. The third kappa shape index (κ3) is 3.77. The average molecular weight is 262 g/mol. The van der Waals surface area contributed by atoms with E-state index in [2.05, 4.69) is 0 Å². The molecule has 0 saturated carbocycles. The molecule has 5 heteroatoms. The Kier molecular flexibility index (Phi) is 4.07. The van der Waals surface area contributed by atoms with E-state index < -0.39 is 5.97 Å². The molecule has 2 rings (SSSR count). The molecule has 0 N–H and O–H groups in total. The fraction of sp³-hybridized carbons (Fsp3) is 0.143. The van der Waals surface area contributed by atoms with Crippen LogP contribution in [0.2, 0.25) is 0 Å². The maximum Gasteiger partial charge on any atom is 0.310 e. The Balaban J connectivity index is 1.84. The van der Waals surface area contributed by atoms with Crippen molar-refractivity contribution in [2.75, 3.05) is 0 Å². The summed E-state index contributed by atoms with van der Waals surface area (Å²) in [6.45, 7) is -0.0339. The highest BCUT2D eigenvalue weighted by atomic mass is 19.1. The summed E-state index contributed by atoms with van der Waals surface area (Å²) in [4.78, 5) is 21.9. The number of furan rings is 1. The number of ether oxygens (including phenoxy) is 1. The average Bonchev–Trinajstić information content (AvgIpc) is 2.87. The van der Waals surface area contributed by atoms with Gasteiger partial charge >= 0.3 is 5.97 Å². The molecule has 0 aliphatic heterocycles. The van der Waals surface area contributed by atoms with E-state index in [1.54, 1.807) is 6.07 Å². The molecule has 0 bridgehead atoms. The summed E-state index contributed by atoms with van der Waals surface area (Å²) in [7, 11) is 0. The first-order valence-corrected chi connectivity index (χ1v) is 5.61. The van der Waals surface area contributed by atoms with E-state index in [4.69, 9.17) is 9.15 Å². The van der Waals surface area contributed by atoms with Crippen LogP contribution in [0.3, 0.4) is 0 Å². The SMILES string of the molecule is O=Cc1ccc(COC(=O)Cc2ccc(F)cc2)o1. The summed E-state index contributed by atoms with van der Waals surface area (Å²) in [5, 5.41) is 0. The number of benzene rings is 1. The molecule has 0 aliphatic rings. The van der Waals surface area contributed by atoms with E-state index >= 15 is 0 Å². The van der Waals surface area contributed by atoms with E-state index in [1.165, 1.54) is 30.3 Å². The van der Waals surface area contributed by atoms with E-state index in [9.17, 15) is 14.0 Å². The molecule has 1 aromatic heterocycles. The summed E-state index contributed by atoms with van der Waals surface area (Å²) in [5.74, 6) is -0.219. The Morgan fingerprint density at radius 2 is 1.95 bits per heavy atom. The third-order valence-electron chi connectivity index (χ3n) is 2.44. The van der Waals surface area contributed by atoms with Crippen LogP contribution in [0.25, 0.3) is 0 Å². The number of carbonyl (C=O) groups excluding carboxylic acids is 2. The number of hydrogen-bond donors (Lipinski definition) is 0. The first-order valence-electron chi connectivity index (χ1n) is 5.61. The molecular weight excluding hydrogens is 251 g/mol. The Morgan fingerprint density at radius 1 is 1.21 bits per heavy atom. The molecule has 0 saturated heterocycles. The summed E-state index contributed by atoms with van der Waals surface area (Å²) in [5.41, 5.74) is 0.666. The van der Waals surface area contributed by atoms with E-state index in [0.29, 0.717) is 17.6 Å². The van der Waals surface area contributed by atoms with Crippen LogP contribution in [-0.2, 0) is 22.6 Å². The van der Waals surface area contributed by atoms with Crippen molar-refractivity contribution in [3.05, 3.63) is 59.3 Å². The Hall–Kier alpha value is -2.43. The Labute approximate surface area is 108 Å². The van der Waals surface area contributed by atoms with Crippen molar-refractivity contribution in [3.8, 4) is 0 Å². The Bertz CT molecular complexity index is 571. The molecule has 2 aromatic rings. The van der Waals surface area contributed by atoms with Gasteiger partial charge in [0.1, 0.15) is 18.2 Å². The van der Waals surface area contributed by atoms with Gasteiger partial charge in [-0.25, -0.2) is 4.39 Å². The molecule has 0 unspecified atom stereocenters. The largest absolute Gasteiger partial charge is 0.457 e. The van der Waals surface area contributed by atoms with Gasteiger partial charge in [-0.2, -0.15) is 0 Å². The van der Waals surface area contributed by atoms with Crippen LogP contribution in [0.5, 0.6) is 0 Å². The van der Waals surface area contributed by atoms with Crippen molar-refractivity contribution >= 4 is 12.3 Å². The molecule has 0 amide bonds. The number of aldehydes is 1. The van der Waals surface area contributed by atoms with E-state index in [0.717, 1.165) is 0 Å².